The minimum atomic E-state index is -0.484. The molecule has 0 N–H and O–H groups in total. The molecule has 9 heteroatoms. The zero-order valence-corrected chi connectivity index (χ0v) is 20.3. The van der Waals surface area contributed by atoms with E-state index in [1.54, 1.807) is 43.3 Å². The third-order valence-corrected chi connectivity index (χ3v) is 5.58. The van der Waals surface area contributed by atoms with E-state index in [2.05, 4.69) is 0 Å². The predicted molar refractivity (Wildman–Crippen MR) is 119 cm³/mol. The molecule has 3 atom stereocenters. The summed E-state index contributed by atoms with van der Waals surface area (Å²) < 4.78 is 22.6. The van der Waals surface area contributed by atoms with Gasteiger partial charge < -0.3 is 18.9 Å². The van der Waals surface area contributed by atoms with E-state index in [1.165, 1.54) is 0 Å². The van der Waals surface area contributed by atoms with E-state index >= 15 is 0 Å². The number of halogens is 2. The standard InChI is InChI=1S/C21H25Cl2O5P.Li/c1-5-25-13(3)27-15-10-11-19(18(12-15)28-14(4)26-6-2)29-21(24)20-16(22)8-7-9-17(20)23;/h7-14,29H,5-6H2,1-4H3;/q;+1. The molecule has 0 aromatic heterocycles. The first kappa shape index (κ1) is 27.3. The van der Waals surface area contributed by atoms with Gasteiger partial charge in [0.15, 0.2) is 18.1 Å². The molecule has 2 aromatic rings. The molecule has 0 saturated carbocycles. The summed E-state index contributed by atoms with van der Waals surface area (Å²) in [7, 11) is -0.234. The molecule has 158 valence electrons. The molecule has 0 aliphatic carbocycles. The first-order valence-electron chi connectivity index (χ1n) is 9.31. The molecule has 0 amide bonds. The van der Waals surface area contributed by atoms with Crippen LogP contribution in [0.25, 0.3) is 0 Å². The molecule has 5 nitrogen and oxygen atoms in total. The number of ether oxygens (including phenoxy) is 4. The topological polar surface area (TPSA) is 54.0 Å². The van der Waals surface area contributed by atoms with Crippen molar-refractivity contribution >= 4 is 42.6 Å². The quantitative estimate of drug-likeness (QED) is 0.290. The Morgan fingerprint density at radius 1 is 0.967 bits per heavy atom. The Balaban J connectivity index is 0.00000450. The van der Waals surface area contributed by atoms with Crippen molar-refractivity contribution < 1.29 is 42.6 Å². The number of hydrogen-bond donors (Lipinski definition) is 0. The van der Waals surface area contributed by atoms with Crippen LogP contribution in [-0.4, -0.2) is 31.3 Å². The van der Waals surface area contributed by atoms with E-state index < -0.39 is 12.6 Å². The van der Waals surface area contributed by atoms with Crippen LogP contribution < -0.4 is 33.6 Å². The van der Waals surface area contributed by atoms with Crippen LogP contribution in [0.4, 0.5) is 0 Å². The second kappa shape index (κ2) is 13.6. The Bertz CT molecular complexity index is 817. The van der Waals surface area contributed by atoms with Gasteiger partial charge >= 0.3 is 18.9 Å². The van der Waals surface area contributed by atoms with Gasteiger partial charge in [0.1, 0.15) is 11.5 Å². The molecule has 0 radical (unpaired) electrons. The zero-order valence-electron chi connectivity index (χ0n) is 17.8. The van der Waals surface area contributed by atoms with Gasteiger partial charge in [-0.1, -0.05) is 29.3 Å². The van der Waals surface area contributed by atoms with E-state index in [0.717, 1.165) is 0 Å². The van der Waals surface area contributed by atoms with Crippen molar-refractivity contribution in [1.82, 2.24) is 0 Å². The van der Waals surface area contributed by atoms with Gasteiger partial charge in [0.25, 0.3) is 0 Å². The third kappa shape index (κ3) is 8.06. The zero-order chi connectivity index (χ0) is 21.4. The summed E-state index contributed by atoms with van der Waals surface area (Å²) in [4.78, 5) is 12.9. The van der Waals surface area contributed by atoms with Gasteiger partial charge in [0.2, 0.25) is 0 Å². The summed E-state index contributed by atoms with van der Waals surface area (Å²) in [6.45, 7) is 8.43. The van der Waals surface area contributed by atoms with Crippen LogP contribution in [0.15, 0.2) is 36.4 Å². The van der Waals surface area contributed by atoms with Gasteiger partial charge in [0.05, 0.1) is 15.6 Å². The maximum absolute atomic E-state index is 12.9. The Morgan fingerprint density at radius 2 is 1.53 bits per heavy atom. The maximum Gasteiger partial charge on any atom is 1.00 e. The fourth-order valence-electron chi connectivity index (χ4n) is 2.58. The molecule has 0 heterocycles. The van der Waals surface area contributed by atoms with Gasteiger partial charge in [0, 0.05) is 24.6 Å². The molecule has 0 saturated heterocycles. The van der Waals surface area contributed by atoms with Crippen LogP contribution in [0.1, 0.15) is 38.1 Å². The molecule has 0 bridgehead atoms. The van der Waals surface area contributed by atoms with Crippen LogP contribution in [0.5, 0.6) is 11.5 Å². The van der Waals surface area contributed by atoms with Gasteiger partial charge in [-0.3, -0.25) is 4.79 Å². The molecule has 0 fully saturated rings. The maximum atomic E-state index is 12.9. The third-order valence-electron chi connectivity index (χ3n) is 3.79. The fourth-order valence-corrected chi connectivity index (χ4v) is 4.37. The smallest absolute Gasteiger partial charge is 0.465 e. The fraction of sp³-hybridized carbons (Fsp3) is 0.381. The number of rotatable bonds is 11. The molecule has 3 unspecified atom stereocenters. The molecule has 2 rings (SSSR count). The Morgan fingerprint density at radius 3 is 2.10 bits per heavy atom. The second-order valence-corrected chi connectivity index (χ2v) is 8.05. The van der Waals surface area contributed by atoms with Crippen molar-refractivity contribution in [2.24, 2.45) is 0 Å². The summed E-state index contributed by atoms with van der Waals surface area (Å²) in [5.41, 5.74) is 0.133. The van der Waals surface area contributed by atoms with Gasteiger partial charge in [-0.15, -0.1) is 0 Å². The molecule has 30 heavy (non-hydrogen) atoms. The van der Waals surface area contributed by atoms with Gasteiger partial charge in [-0.05, 0) is 60.5 Å². The predicted octanol–water partition coefficient (Wildman–Crippen LogP) is 2.66. The molecular formula is C21H25Cl2LiO5P+. The molecule has 2 aromatic carbocycles. The summed E-state index contributed by atoms with van der Waals surface area (Å²) in [6, 6.07) is 10.3. The normalized spacial score (nSPS) is 13.0. The van der Waals surface area contributed by atoms with Crippen molar-refractivity contribution in [2.45, 2.75) is 40.3 Å². The average molecular weight is 466 g/mol. The summed E-state index contributed by atoms with van der Waals surface area (Å²) in [5, 5.41) is 1.35. The Kier molecular flexibility index (Phi) is 12.4. The van der Waals surface area contributed by atoms with Crippen molar-refractivity contribution in [1.29, 1.82) is 0 Å². The average Bonchev–Trinajstić information content (AvgIpc) is 2.64. The van der Waals surface area contributed by atoms with Crippen molar-refractivity contribution in [3.05, 3.63) is 52.0 Å². The molecule has 0 aliphatic rings. The Hall–Kier alpha value is -0.763. The van der Waals surface area contributed by atoms with Gasteiger partial charge in [-0.2, -0.15) is 0 Å². The summed E-state index contributed by atoms with van der Waals surface area (Å²) in [5.74, 6) is 1.07. The molecule has 0 spiro atoms. The van der Waals surface area contributed by atoms with Gasteiger partial charge in [-0.25, -0.2) is 0 Å². The largest absolute Gasteiger partial charge is 1.00 e. The number of carbonyl (C=O) groups excluding carboxylic acids is 1. The van der Waals surface area contributed by atoms with Crippen molar-refractivity contribution in [2.75, 3.05) is 13.2 Å². The van der Waals surface area contributed by atoms with E-state index in [1.807, 2.05) is 20.8 Å². The summed E-state index contributed by atoms with van der Waals surface area (Å²) in [6.07, 6.45) is -0.892. The minimum Gasteiger partial charge on any atom is -0.465 e. The first-order valence-corrected chi connectivity index (χ1v) is 11.1. The van der Waals surface area contributed by atoms with Crippen molar-refractivity contribution in [3.8, 4) is 11.5 Å². The van der Waals surface area contributed by atoms with E-state index in [4.69, 9.17) is 42.1 Å². The molecule has 0 aliphatic heterocycles. The minimum absolute atomic E-state index is 0. The van der Waals surface area contributed by atoms with Crippen LogP contribution in [0, 0.1) is 0 Å². The van der Waals surface area contributed by atoms with Crippen LogP contribution in [-0.2, 0) is 9.47 Å². The van der Waals surface area contributed by atoms with E-state index in [9.17, 15) is 4.79 Å². The molecular weight excluding hydrogens is 441 g/mol. The number of hydrogen-bond acceptors (Lipinski definition) is 5. The van der Waals surface area contributed by atoms with Crippen LogP contribution in [0.3, 0.4) is 0 Å². The van der Waals surface area contributed by atoms with E-state index in [-0.39, 0.29) is 33.0 Å². The monoisotopic (exact) mass is 465 g/mol. The SMILES string of the molecule is CCOC(C)Oc1ccc(PC(=O)c2c(Cl)cccc2Cl)c(OC(C)OCC)c1.[Li+]. The summed E-state index contributed by atoms with van der Waals surface area (Å²) >= 11 is 12.4. The number of carbonyl (C=O) groups is 1. The van der Waals surface area contributed by atoms with E-state index in [0.29, 0.717) is 45.6 Å². The van der Waals surface area contributed by atoms with Crippen LogP contribution in [0.2, 0.25) is 10.0 Å². The van der Waals surface area contributed by atoms with Crippen LogP contribution >= 0.6 is 31.8 Å². The number of benzene rings is 2. The second-order valence-electron chi connectivity index (χ2n) is 5.99. The Labute approximate surface area is 201 Å². The van der Waals surface area contributed by atoms with Crippen molar-refractivity contribution in [3.63, 3.8) is 0 Å². The first-order chi connectivity index (χ1) is 13.8.